The second kappa shape index (κ2) is 10.5. The predicted octanol–water partition coefficient (Wildman–Crippen LogP) is 10.3. The van der Waals surface area contributed by atoms with Crippen LogP contribution >= 0.6 is 0 Å². The number of benzene rings is 7. The maximum Gasteiger partial charge on any atom is 0.160 e. The lowest BCUT2D eigenvalue weighted by Gasteiger charge is -2.23. The third kappa shape index (κ3) is 4.04. The molecule has 1 N–H and O–H groups in total. The number of hydrogen-bond acceptors (Lipinski definition) is 4. The molecule has 0 saturated heterocycles. The molecule has 0 fully saturated rings. The van der Waals surface area contributed by atoms with E-state index in [0.29, 0.717) is 5.84 Å². The molecule has 0 bridgehead atoms. The van der Waals surface area contributed by atoms with Gasteiger partial charge in [-0.1, -0.05) is 133 Å². The fourth-order valence-corrected chi connectivity index (χ4v) is 7.31. The Hall–Kier alpha value is -6.46. The molecular formula is C43H28N4O. The van der Waals surface area contributed by atoms with E-state index in [1.54, 1.807) is 0 Å². The summed E-state index contributed by atoms with van der Waals surface area (Å²) in [5.74, 6) is 1.46. The molecule has 0 amide bonds. The molecule has 1 unspecified atom stereocenters. The van der Waals surface area contributed by atoms with Gasteiger partial charge in [0.25, 0.3) is 0 Å². The van der Waals surface area contributed by atoms with E-state index < -0.39 is 0 Å². The van der Waals surface area contributed by atoms with E-state index >= 15 is 0 Å². The third-order valence-electron chi connectivity index (χ3n) is 9.45. The molecule has 7 aromatic carbocycles. The molecule has 3 heterocycles. The van der Waals surface area contributed by atoms with Crippen molar-refractivity contribution in [3.05, 3.63) is 174 Å². The first-order chi connectivity index (χ1) is 23.8. The first kappa shape index (κ1) is 26.7. The molecule has 48 heavy (non-hydrogen) atoms. The average Bonchev–Trinajstić information content (AvgIpc) is 3.72. The molecule has 1 atom stereocenters. The molecule has 2 aromatic heterocycles. The van der Waals surface area contributed by atoms with Crippen LogP contribution < -0.4 is 5.32 Å². The number of aromatic nitrogens is 1. The zero-order chi connectivity index (χ0) is 31.6. The number of nitrogens with zero attached hydrogens (tertiary/aromatic N) is 3. The fourth-order valence-electron chi connectivity index (χ4n) is 7.31. The molecule has 5 nitrogen and oxygen atoms in total. The largest absolute Gasteiger partial charge is 0.454 e. The van der Waals surface area contributed by atoms with Gasteiger partial charge in [-0.05, 0) is 40.6 Å². The van der Waals surface area contributed by atoms with Crippen molar-refractivity contribution in [2.24, 2.45) is 9.98 Å². The van der Waals surface area contributed by atoms with E-state index in [1.807, 2.05) is 48.5 Å². The van der Waals surface area contributed by atoms with E-state index in [9.17, 15) is 0 Å². The van der Waals surface area contributed by atoms with Gasteiger partial charge < -0.3 is 14.3 Å². The topological polar surface area (TPSA) is 54.8 Å². The Morgan fingerprint density at radius 3 is 2.17 bits per heavy atom. The zero-order valence-electron chi connectivity index (χ0n) is 25.8. The number of aliphatic imine (C=N–C) groups is 2. The Labute approximate surface area is 276 Å². The lowest BCUT2D eigenvalue weighted by atomic mass is 10.0. The molecule has 0 spiro atoms. The summed E-state index contributed by atoms with van der Waals surface area (Å²) in [6.45, 7) is 0. The number of amidine groups is 2. The first-order valence-electron chi connectivity index (χ1n) is 16.2. The molecule has 0 saturated carbocycles. The summed E-state index contributed by atoms with van der Waals surface area (Å²) < 4.78 is 9.16. The molecule has 1 aliphatic heterocycles. The van der Waals surface area contributed by atoms with Crippen LogP contribution in [0.2, 0.25) is 0 Å². The number of rotatable bonds is 4. The maximum atomic E-state index is 6.81. The van der Waals surface area contributed by atoms with Crippen molar-refractivity contribution < 1.29 is 4.42 Å². The third-order valence-corrected chi connectivity index (χ3v) is 9.45. The van der Waals surface area contributed by atoms with Gasteiger partial charge in [0.05, 0.1) is 16.7 Å². The smallest absolute Gasteiger partial charge is 0.160 e. The molecule has 10 rings (SSSR count). The van der Waals surface area contributed by atoms with Gasteiger partial charge in [0, 0.05) is 32.7 Å². The number of nitrogens with one attached hydrogen (secondary N) is 1. The van der Waals surface area contributed by atoms with E-state index in [1.165, 1.54) is 21.5 Å². The molecule has 0 aliphatic carbocycles. The Morgan fingerprint density at radius 1 is 0.562 bits per heavy atom. The summed E-state index contributed by atoms with van der Waals surface area (Å²) in [6.07, 6.45) is -0.287. The van der Waals surface area contributed by atoms with Crippen molar-refractivity contribution in [1.82, 2.24) is 9.88 Å². The molecule has 226 valence electrons. The normalized spacial score (nSPS) is 14.9. The van der Waals surface area contributed by atoms with E-state index in [-0.39, 0.29) is 6.17 Å². The minimum atomic E-state index is -0.287. The monoisotopic (exact) mass is 616 g/mol. The van der Waals surface area contributed by atoms with Crippen LogP contribution in [-0.2, 0) is 0 Å². The van der Waals surface area contributed by atoms with Crippen molar-refractivity contribution in [1.29, 1.82) is 0 Å². The van der Waals surface area contributed by atoms with Gasteiger partial charge in [0.15, 0.2) is 11.4 Å². The van der Waals surface area contributed by atoms with Crippen molar-refractivity contribution in [3.8, 4) is 5.69 Å². The summed E-state index contributed by atoms with van der Waals surface area (Å²) in [7, 11) is 0. The minimum absolute atomic E-state index is 0.287. The maximum absolute atomic E-state index is 6.81. The lowest BCUT2D eigenvalue weighted by Crippen LogP contribution is -2.33. The summed E-state index contributed by atoms with van der Waals surface area (Å²) >= 11 is 0. The van der Waals surface area contributed by atoms with Crippen LogP contribution in [-0.4, -0.2) is 16.2 Å². The number of para-hydroxylation sites is 2. The minimum Gasteiger partial charge on any atom is -0.454 e. The molecule has 5 heteroatoms. The van der Waals surface area contributed by atoms with E-state index in [0.717, 1.165) is 61.2 Å². The predicted molar refractivity (Wildman–Crippen MR) is 197 cm³/mol. The van der Waals surface area contributed by atoms with Crippen molar-refractivity contribution >= 4 is 66.2 Å². The van der Waals surface area contributed by atoms with Crippen LogP contribution in [0.1, 0.15) is 22.9 Å². The van der Waals surface area contributed by atoms with Crippen LogP contribution in [0.5, 0.6) is 0 Å². The van der Waals surface area contributed by atoms with E-state index in [4.69, 9.17) is 14.4 Å². The SMILES string of the molecule is c1ccc(C2=NC(c3cccc4oc5c(-n6c7ccccc7c7c8ccccc8ccc76)cccc5c34)=NC(c3ccccc3)N2)cc1. The van der Waals surface area contributed by atoms with Gasteiger partial charge in [-0.25, -0.2) is 9.98 Å². The number of furan rings is 1. The highest BCUT2D eigenvalue weighted by molar-refractivity contribution is 6.24. The van der Waals surface area contributed by atoms with Crippen LogP contribution in [0.3, 0.4) is 0 Å². The molecule has 0 radical (unpaired) electrons. The van der Waals surface area contributed by atoms with Crippen molar-refractivity contribution in [3.63, 3.8) is 0 Å². The van der Waals surface area contributed by atoms with Crippen LogP contribution in [0.25, 0.3) is 60.2 Å². The van der Waals surface area contributed by atoms with Gasteiger partial charge in [-0.2, -0.15) is 0 Å². The number of hydrogen-bond donors (Lipinski definition) is 1. The Balaban J connectivity index is 1.23. The standard InChI is InChI=1S/C43H28N4O/c1-3-14-28(15-4-1)41-44-42(29-16-5-2-6-17-29)46-43(45-41)33-21-12-24-37-39(33)32-20-11-23-36(40(32)48-37)47-34-22-10-9-19-31(34)38-30-18-8-7-13-27(30)25-26-35(38)47/h1-26,41H,(H,44,45,46). The highest BCUT2D eigenvalue weighted by Crippen LogP contribution is 2.41. The van der Waals surface area contributed by atoms with Gasteiger partial charge in [0.1, 0.15) is 17.6 Å². The lowest BCUT2D eigenvalue weighted by molar-refractivity contribution is 0.666. The molecular weight excluding hydrogens is 589 g/mol. The van der Waals surface area contributed by atoms with Crippen molar-refractivity contribution in [2.75, 3.05) is 0 Å². The summed E-state index contributed by atoms with van der Waals surface area (Å²) in [5, 5.41) is 10.5. The number of fused-ring (bicyclic) bond motifs is 8. The summed E-state index contributed by atoms with van der Waals surface area (Å²) in [6, 6.07) is 54.9. The van der Waals surface area contributed by atoms with Crippen LogP contribution in [0.15, 0.2) is 172 Å². The van der Waals surface area contributed by atoms with Crippen molar-refractivity contribution in [2.45, 2.75) is 6.17 Å². The van der Waals surface area contributed by atoms with E-state index in [2.05, 4.69) is 119 Å². The zero-order valence-corrected chi connectivity index (χ0v) is 25.8. The first-order valence-corrected chi connectivity index (χ1v) is 16.2. The highest BCUT2D eigenvalue weighted by atomic mass is 16.3. The molecule has 9 aromatic rings. The fraction of sp³-hybridized carbons (Fsp3) is 0.0233. The van der Waals surface area contributed by atoms with Gasteiger partial charge >= 0.3 is 0 Å². The average molecular weight is 617 g/mol. The van der Waals surface area contributed by atoms with Gasteiger partial charge in [0.2, 0.25) is 0 Å². The van der Waals surface area contributed by atoms with Crippen LogP contribution in [0, 0.1) is 0 Å². The highest BCUT2D eigenvalue weighted by Gasteiger charge is 2.25. The Kier molecular flexibility index (Phi) is 5.87. The Morgan fingerprint density at radius 2 is 1.29 bits per heavy atom. The summed E-state index contributed by atoms with van der Waals surface area (Å²) in [5.41, 5.74) is 7.94. The van der Waals surface area contributed by atoms with Gasteiger partial charge in [-0.3, -0.25) is 0 Å². The summed E-state index contributed by atoms with van der Waals surface area (Å²) in [4.78, 5) is 10.3. The van der Waals surface area contributed by atoms with Crippen LogP contribution in [0.4, 0.5) is 0 Å². The van der Waals surface area contributed by atoms with Gasteiger partial charge in [-0.15, -0.1) is 0 Å². The molecule has 1 aliphatic rings. The second-order valence-corrected chi connectivity index (χ2v) is 12.2. The Bertz CT molecular complexity index is 2750. The quantitative estimate of drug-likeness (QED) is 0.214. The second-order valence-electron chi connectivity index (χ2n) is 12.2.